The molecule has 0 saturated heterocycles. The summed E-state index contributed by atoms with van der Waals surface area (Å²) < 4.78 is 0. The fraction of sp³-hybridized carbons (Fsp3) is 0.647. The molecule has 1 aromatic rings. The average molecular weight is 279 g/mol. The normalized spacial score (nSPS) is 14.6. The Bertz CT molecular complexity index is 345. The molecule has 0 aliphatic rings. The fourth-order valence-corrected chi connectivity index (χ4v) is 3.05. The summed E-state index contributed by atoms with van der Waals surface area (Å²) >= 11 is 2.07. The molecule has 108 valence electrons. The minimum Gasteiger partial charge on any atom is -0.316 e. The van der Waals surface area contributed by atoms with Crippen LogP contribution < -0.4 is 5.32 Å². The highest BCUT2D eigenvalue weighted by Crippen LogP contribution is 2.18. The van der Waals surface area contributed by atoms with E-state index >= 15 is 0 Å². The van der Waals surface area contributed by atoms with Crippen molar-refractivity contribution in [3.05, 3.63) is 35.4 Å². The quantitative estimate of drug-likeness (QED) is 0.753. The molecule has 2 atom stereocenters. The fourth-order valence-electron chi connectivity index (χ4n) is 1.97. The summed E-state index contributed by atoms with van der Waals surface area (Å²) in [5.41, 5.74) is 2.87. The lowest BCUT2D eigenvalue weighted by atomic mass is 9.99. The van der Waals surface area contributed by atoms with E-state index in [1.54, 1.807) is 0 Å². The molecule has 2 unspecified atom stereocenters. The molecule has 0 heterocycles. The van der Waals surface area contributed by atoms with Gasteiger partial charge in [-0.3, -0.25) is 0 Å². The second kappa shape index (κ2) is 8.65. The second-order valence-electron chi connectivity index (χ2n) is 5.64. The monoisotopic (exact) mass is 279 g/mol. The van der Waals surface area contributed by atoms with E-state index in [9.17, 15) is 0 Å². The Morgan fingerprint density at radius 2 is 1.74 bits per heavy atom. The van der Waals surface area contributed by atoms with Crippen LogP contribution in [-0.4, -0.2) is 24.1 Å². The van der Waals surface area contributed by atoms with Crippen LogP contribution >= 0.6 is 11.8 Å². The van der Waals surface area contributed by atoms with Crippen LogP contribution in [0, 0.1) is 0 Å². The van der Waals surface area contributed by atoms with Crippen LogP contribution in [0.1, 0.15) is 51.2 Å². The van der Waals surface area contributed by atoms with E-state index in [-0.39, 0.29) is 0 Å². The molecule has 1 rings (SSSR count). The van der Waals surface area contributed by atoms with Crippen molar-refractivity contribution in [3.8, 4) is 0 Å². The highest BCUT2D eigenvalue weighted by Gasteiger charge is 2.10. The van der Waals surface area contributed by atoms with Crippen LogP contribution in [0.5, 0.6) is 0 Å². The van der Waals surface area contributed by atoms with Crippen molar-refractivity contribution in [3.63, 3.8) is 0 Å². The van der Waals surface area contributed by atoms with E-state index in [1.807, 2.05) is 0 Å². The molecule has 0 fully saturated rings. The molecule has 2 heteroatoms. The van der Waals surface area contributed by atoms with Gasteiger partial charge >= 0.3 is 0 Å². The topological polar surface area (TPSA) is 12.0 Å². The van der Waals surface area contributed by atoms with E-state index in [2.05, 4.69) is 76.1 Å². The maximum absolute atomic E-state index is 3.45. The van der Waals surface area contributed by atoms with Crippen molar-refractivity contribution in [2.45, 2.75) is 57.7 Å². The van der Waals surface area contributed by atoms with Gasteiger partial charge in [-0.2, -0.15) is 11.8 Å². The first kappa shape index (κ1) is 16.6. The van der Waals surface area contributed by atoms with Crippen molar-refractivity contribution < 1.29 is 0 Å². The Hall–Kier alpha value is -0.470. The molecule has 19 heavy (non-hydrogen) atoms. The first-order chi connectivity index (χ1) is 9.06. The molecule has 0 aliphatic heterocycles. The highest BCUT2D eigenvalue weighted by atomic mass is 32.2. The van der Waals surface area contributed by atoms with E-state index < -0.39 is 0 Å². The maximum atomic E-state index is 3.45. The van der Waals surface area contributed by atoms with Crippen LogP contribution in [0.4, 0.5) is 0 Å². The summed E-state index contributed by atoms with van der Waals surface area (Å²) in [7, 11) is 2.07. The Morgan fingerprint density at radius 3 is 2.21 bits per heavy atom. The van der Waals surface area contributed by atoms with Crippen LogP contribution in [0.25, 0.3) is 0 Å². The first-order valence-corrected chi connectivity index (χ1v) is 8.49. The van der Waals surface area contributed by atoms with Crippen molar-refractivity contribution in [2.24, 2.45) is 0 Å². The lowest BCUT2D eigenvalue weighted by Crippen LogP contribution is -2.30. The van der Waals surface area contributed by atoms with Crippen LogP contribution in [0.2, 0.25) is 0 Å². The number of hydrogen-bond donors (Lipinski definition) is 1. The van der Waals surface area contributed by atoms with Crippen molar-refractivity contribution in [1.29, 1.82) is 0 Å². The summed E-state index contributed by atoms with van der Waals surface area (Å²) in [5, 5.41) is 4.21. The first-order valence-electron chi connectivity index (χ1n) is 7.44. The van der Waals surface area contributed by atoms with Gasteiger partial charge in [0.25, 0.3) is 0 Å². The number of thioether (sulfide) groups is 1. The van der Waals surface area contributed by atoms with Gasteiger partial charge in [0, 0.05) is 17.0 Å². The van der Waals surface area contributed by atoms with Gasteiger partial charge in [0.15, 0.2) is 0 Å². The minimum atomic E-state index is 0.573. The third-order valence-corrected chi connectivity index (χ3v) is 5.19. The van der Waals surface area contributed by atoms with Crippen LogP contribution in [0.15, 0.2) is 24.3 Å². The molecule has 0 spiro atoms. The number of hydrogen-bond acceptors (Lipinski definition) is 2. The molecule has 0 amide bonds. The summed E-state index contributed by atoms with van der Waals surface area (Å²) in [5.74, 6) is 1.81. The van der Waals surface area contributed by atoms with Gasteiger partial charge in [-0.05, 0) is 36.9 Å². The zero-order chi connectivity index (χ0) is 14.3. The second-order valence-corrected chi connectivity index (χ2v) is 7.11. The predicted molar refractivity (Wildman–Crippen MR) is 89.3 cm³/mol. The zero-order valence-corrected chi connectivity index (χ0v) is 13.9. The summed E-state index contributed by atoms with van der Waals surface area (Å²) in [4.78, 5) is 0. The molecule has 0 aromatic heterocycles. The van der Waals surface area contributed by atoms with E-state index in [4.69, 9.17) is 0 Å². The summed E-state index contributed by atoms with van der Waals surface area (Å²) in [6.07, 6.45) is 2.38. The molecule has 0 aliphatic carbocycles. The van der Waals surface area contributed by atoms with Gasteiger partial charge in [0.05, 0.1) is 0 Å². The smallest absolute Gasteiger partial charge is 0.0195 e. The van der Waals surface area contributed by atoms with Gasteiger partial charge < -0.3 is 5.32 Å². The third kappa shape index (κ3) is 6.01. The van der Waals surface area contributed by atoms with Crippen molar-refractivity contribution in [1.82, 2.24) is 5.32 Å². The van der Waals surface area contributed by atoms with Gasteiger partial charge in [0.1, 0.15) is 0 Å². The lowest BCUT2D eigenvalue weighted by Gasteiger charge is -2.18. The Kier molecular flexibility index (Phi) is 7.55. The largest absolute Gasteiger partial charge is 0.316 e. The molecular formula is C17H29NS. The number of likely N-dealkylation sites (N-methyl/N-ethyl adjacent to an activating group) is 1. The highest BCUT2D eigenvalue weighted by molar-refractivity contribution is 7.99. The molecule has 1 N–H and O–H groups in total. The van der Waals surface area contributed by atoms with E-state index in [1.165, 1.54) is 23.3 Å². The zero-order valence-electron chi connectivity index (χ0n) is 13.1. The van der Waals surface area contributed by atoms with E-state index in [0.29, 0.717) is 12.0 Å². The Labute approximate surface area is 123 Å². The molecule has 0 radical (unpaired) electrons. The minimum absolute atomic E-state index is 0.573. The van der Waals surface area contributed by atoms with Crippen LogP contribution in [0.3, 0.4) is 0 Å². The standard InChI is InChI=1S/C17H29NS/c1-6-14(4)19-12-17(18-5)11-15-7-9-16(10-8-15)13(2)3/h7-10,13-14,17-18H,6,11-12H2,1-5H3. The van der Waals surface area contributed by atoms with E-state index in [0.717, 1.165) is 11.7 Å². The van der Waals surface area contributed by atoms with Gasteiger partial charge in [-0.15, -0.1) is 0 Å². The summed E-state index contributed by atoms with van der Waals surface area (Å²) in [6, 6.07) is 9.69. The number of benzene rings is 1. The molecule has 1 aromatic carbocycles. The Morgan fingerprint density at radius 1 is 1.11 bits per heavy atom. The Balaban J connectivity index is 2.50. The van der Waals surface area contributed by atoms with Gasteiger partial charge in [-0.25, -0.2) is 0 Å². The number of nitrogens with one attached hydrogen (secondary N) is 1. The third-order valence-electron chi connectivity index (χ3n) is 3.69. The summed E-state index contributed by atoms with van der Waals surface area (Å²) in [6.45, 7) is 9.06. The SMILES string of the molecule is CCC(C)SCC(Cc1ccc(C(C)C)cc1)NC. The molecular weight excluding hydrogens is 250 g/mol. The number of rotatable bonds is 8. The molecule has 1 nitrogen and oxygen atoms in total. The molecule has 0 saturated carbocycles. The lowest BCUT2D eigenvalue weighted by molar-refractivity contribution is 0.615. The average Bonchev–Trinajstić information content (AvgIpc) is 2.43. The van der Waals surface area contributed by atoms with Gasteiger partial charge in [0.2, 0.25) is 0 Å². The van der Waals surface area contributed by atoms with Crippen molar-refractivity contribution >= 4 is 11.8 Å². The van der Waals surface area contributed by atoms with Crippen LogP contribution in [-0.2, 0) is 6.42 Å². The van der Waals surface area contributed by atoms with Crippen molar-refractivity contribution in [2.75, 3.05) is 12.8 Å². The molecule has 0 bridgehead atoms. The maximum Gasteiger partial charge on any atom is 0.0195 e. The van der Waals surface area contributed by atoms with Gasteiger partial charge in [-0.1, -0.05) is 52.0 Å². The predicted octanol–water partition coefficient (Wildman–Crippen LogP) is 4.47.